The molecule has 0 aliphatic rings. The van der Waals surface area contributed by atoms with Crippen LogP contribution < -0.4 is 10.5 Å². The Hall–Kier alpha value is -1.51. The lowest BCUT2D eigenvalue weighted by atomic mass is 9.96. The molecule has 0 saturated carbocycles. The van der Waals surface area contributed by atoms with E-state index in [1.165, 1.54) is 5.56 Å². The van der Waals surface area contributed by atoms with Gasteiger partial charge in [-0.25, -0.2) is 0 Å². The molecule has 0 aliphatic carbocycles. The van der Waals surface area contributed by atoms with E-state index in [2.05, 4.69) is 31.2 Å². The Labute approximate surface area is 125 Å². The average molecular weight is 290 g/mol. The van der Waals surface area contributed by atoms with Gasteiger partial charge in [-0.3, -0.25) is 0 Å². The van der Waals surface area contributed by atoms with Gasteiger partial charge in [0.15, 0.2) is 0 Å². The maximum absolute atomic E-state index is 6.38. The van der Waals surface area contributed by atoms with E-state index in [0.717, 1.165) is 29.7 Å². The minimum atomic E-state index is -0.209. The van der Waals surface area contributed by atoms with E-state index in [1.54, 1.807) is 13.2 Å². The van der Waals surface area contributed by atoms with Crippen molar-refractivity contribution in [3.05, 3.63) is 64.2 Å². The maximum Gasteiger partial charge on any atom is 0.125 e. The van der Waals surface area contributed by atoms with E-state index in [4.69, 9.17) is 22.1 Å². The average Bonchev–Trinajstić information content (AvgIpc) is 2.47. The first-order chi connectivity index (χ1) is 9.65. The van der Waals surface area contributed by atoms with Crippen LogP contribution in [0.4, 0.5) is 0 Å². The number of aryl methyl sites for hydroxylation is 1. The highest BCUT2D eigenvalue weighted by Gasteiger charge is 2.14. The third-order valence-electron chi connectivity index (χ3n) is 3.38. The number of hydrogen-bond acceptors (Lipinski definition) is 2. The molecule has 0 amide bonds. The molecule has 0 fully saturated rings. The molecule has 3 heteroatoms. The van der Waals surface area contributed by atoms with Gasteiger partial charge in [-0.2, -0.15) is 0 Å². The first-order valence-corrected chi connectivity index (χ1v) is 7.21. The maximum atomic E-state index is 6.38. The van der Waals surface area contributed by atoms with Crippen molar-refractivity contribution in [1.82, 2.24) is 0 Å². The molecule has 2 nitrogen and oxygen atoms in total. The van der Waals surface area contributed by atoms with Gasteiger partial charge in [0, 0.05) is 10.6 Å². The molecular weight excluding hydrogens is 270 g/mol. The normalized spacial score (nSPS) is 12.2. The molecule has 2 N–H and O–H groups in total. The van der Waals surface area contributed by atoms with Crippen LogP contribution in [0, 0.1) is 0 Å². The summed E-state index contributed by atoms with van der Waals surface area (Å²) in [6.45, 7) is 2.18. The van der Waals surface area contributed by atoms with Crippen LogP contribution in [0.1, 0.15) is 36.1 Å². The number of hydrogen-bond donors (Lipinski definition) is 1. The summed E-state index contributed by atoms with van der Waals surface area (Å²) >= 11 is 5.99. The lowest BCUT2D eigenvalue weighted by molar-refractivity contribution is 0.408. The zero-order valence-electron chi connectivity index (χ0n) is 11.9. The van der Waals surface area contributed by atoms with Crippen LogP contribution in [-0.4, -0.2) is 7.11 Å². The Balaban J connectivity index is 2.35. The predicted molar refractivity (Wildman–Crippen MR) is 84.5 cm³/mol. The number of nitrogens with two attached hydrogens (primary N) is 1. The summed E-state index contributed by atoms with van der Waals surface area (Å²) in [7, 11) is 1.63. The van der Waals surface area contributed by atoms with E-state index < -0.39 is 0 Å². The summed E-state index contributed by atoms with van der Waals surface area (Å²) in [5.74, 6) is 0.728. The van der Waals surface area contributed by atoms with Crippen LogP contribution >= 0.6 is 11.6 Å². The second-order valence-corrected chi connectivity index (χ2v) is 5.30. The van der Waals surface area contributed by atoms with Crippen molar-refractivity contribution in [3.63, 3.8) is 0 Å². The topological polar surface area (TPSA) is 35.2 Å². The zero-order chi connectivity index (χ0) is 14.5. The SMILES string of the molecule is CCCc1cccc(C(N)c2ccc(Cl)cc2OC)c1. The molecule has 106 valence electrons. The van der Waals surface area contributed by atoms with Crippen LogP contribution in [0.2, 0.25) is 5.02 Å². The highest BCUT2D eigenvalue weighted by atomic mass is 35.5. The summed E-state index contributed by atoms with van der Waals surface area (Å²) < 4.78 is 5.38. The fourth-order valence-corrected chi connectivity index (χ4v) is 2.51. The number of ether oxygens (including phenoxy) is 1. The Kier molecular flexibility index (Phi) is 5.05. The highest BCUT2D eigenvalue weighted by Crippen LogP contribution is 2.31. The van der Waals surface area contributed by atoms with Crippen molar-refractivity contribution < 1.29 is 4.74 Å². The first-order valence-electron chi connectivity index (χ1n) is 6.83. The molecule has 2 aromatic rings. The second kappa shape index (κ2) is 6.78. The van der Waals surface area contributed by atoms with Crippen LogP contribution in [0.5, 0.6) is 5.75 Å². The first kappa shape index (κ1) is 14.9. The van der Waals surface area contributed by atoms with Gasteiger partial charge in [-0.15, -0.1) is 0 Å². The quantitative estimate of drug-likeness (QED) is 0.888. The Morgan fingerprint density at radius 1 is 1.20 bits per heavy atom. The third kappa shape index (κ3) is 3.33. The monoisotopic (exact) mass is 289 g/mol. The summed E-state index contributed by atoms with van der Waals surface area (Å²) in [5.41, 5.74) is 9.74. The second-order valence-electron chi connectivity index (χ2n) is 4.86. The Morgan fingerprint density at radius 2 is 2.00 bits per heavy atom. The fourth-order valence-electron chi connectivity index (χ4n) is 2.35. The van der Waals surface area contributed by atoms with Gasteiger partial charge in [0.05, 0.1) is 13.2 Å². The van der Waals surface area contributed by atoms with Gasteiger partial charge in [-0.05, 0) is 29.7 Å². The number of halogens is 1. The highest BCUT2D eigenvalue weighted by molar-refractivity contribution is 6.30. The molecule has 0 saturated heterocycles. The molecule has 0 heterocycles. The van der Waals surface area contributed by atoms with Crippen LogP contribution in [-0.2, 0) is 6.42 Å². The molecule has 0 bridgehead atoms. The fraction of sp³-hybridized carbons (Fsp3) is 0.294. The van der Waals surface area contributed by atoms with E-state index >= 15 is 0 Å². The molecular formula is C17H20ClNO. The Bertz CT molecular complexity index is 583. The van der Waals surface area contributed by atoms with Crippen LogP contribution in [0.3, 0.4) is 0 Å². The third-order valence-corrected chi connectivity index (χ3v) is 3.61. The van der Waals surface area contributed by atoms with Gasteiger partial charge < -0.3 is 10.5 Å². The smallest absolute Gasteiger partial charge is 0.125 e. The molecule has 2 aromatic carbocycles. The largest absolute Gasteiger partial charge is 0.496 e. The molecule has 0 spiro atoms. The van der Waals surface area contributed by atoms with Crippen molar-refractivity contribution in [2.45, 2.75) is 25.8 Å². The summed E-state index contributed by atoms with van der Waals surface area (Å²) in [6, 6.07) is 13.8. The molecule has 0 radical (unpaired) electrons. The van der Waals surface area contributed by atoms with Gasteiger partial charge >= 0.3 is 0 Å². The standard InChI is InChI=1S/C17H20ClNO/c1-3-5-12-6-4-7-13(10-12)17(19)15-9-8-14(18)11-16(15)20-2/h4,6-11,17H,3,5,19H2,1-2H3. The van der Waals surface area contributed by atoms with Crippen molar-refractivity contribution in [2.75, 3.05) is 7.11 Å². The van der Waals surface area contributed by atoms with Gasteiger partial charge in [0.25, 0.3) is 0 Å². The zero-order valence-corrected chi connectivity index (χ0v) is 12.7. The lowest BCUT2D eigenvalue weighted by Crippen LogP contribution is -2.13. The number of methoxy groups -OCH3 is 1. The number of rotatable bonds is 5. The Morgan fingerprint density at radius 3 is 2.70 bits per heavy atom. The molecule has 20 heavy (non-hydrogen) atoms. The molecule has 1 atom stereocenters. The minimum Gasteiger partial charge on any atom is -0.496 e. The molecule has 2 rings (SSSR count). The summed E-state index contributed by atoms with van der Waals surface area (Å²) in [6.07, 6.45) is 2.20. The summed E-state index contributed by atoms with van der Waals surface area (Å²) in [5, 5.41) is 0.650. The van der Waals surface area contributed by atoms with Gasteiger partial charge in [0.2, 0.25) is 0 Å². The van der Waals surface area contributed by atoms with Gasteiger partial charge in [-0.1, -0.05) is 55.3 Å². The lowest BCUT2D eigenvalue weighted by Gasteiger charge is -2.17. The van der Waals surface area contributed by atoms with Crippen LogP contribution in [0.15, 0.2) is 42.5 Å². The molecule has 1 unspecified atom stereocenters. The molecule has 0 aliphatic heterocycles. The van der Waals surface area contributed by atoms with E-state index in [1.807, 2.05) is 12.1 Å². The predicted octanol–water partition coefficient (Wildman–Crippen LogP) is 4.35. The van der Waals surface area contributed by atoms with Crippen molar-refractivity contribution in [3.8, 4) is 5.75 Å². The van der Waals surface area contributed by atoms with Crippen LogP contribution in [0.25, 0.3) is 0 Å². The van der Waals surface area contributed by atoms with Crippen molar-refractivity contribution >= 4 is 11.6 Å². The van der Waals surface area contributed by atoms with Crippen molar-refractivity contribution in [1.29, 1.82) is 0 Å². The van der Waals surface area contributed by atoms with E-state index in [0.29, 0.717) is 5.02 Å². The van der Waals surface area contributed by atoms with E-state index in [-0.39, 0.29) is 6.04 Å². The van der Waals surface area contributed by atoms with Crippen molar-refractivity contribution in [2.24, 2.45) is 5.73 Å². The van der Waals surface area contributed by atoms with E-state index in [9.17, 15) is 0 Å². The number of benzene rings is 2. The van der Waals surface area contributed by atoms with Gasteiger partial charge in [0.1, 0.15) is 5.75 Å². The summed E-state index contributed by atoms with van der Waals surface area (Å²) in [4.78, 5) is 0. The molecule has 0 aromatic heterocycles. The minimum absolute atomic E-state index is 0.209.